The largest absolute Gasteiger partial charge is 1.00 e. The van der Waals surface area contributed by atoms with Crippen molar-refractivity contribution < 1.29 is 86.8 Å². The fourth-order valence-electron chi connectivity index (χ4n) is 5.89. The van der Waals surface area contributed by atoms with Gasteiger partial charge in [0.1, 0.15) is 25.8 Å². The Labute approximate surface area is 463 Å². The average molecular weight is 1070 g/mol. The summed E-state index contributed by atoms with van der Waals surface area (Å²) in [5.41, 5.74) is 4.09. The van der Waals surface area contributed by atoms with Gasteiger partial charge in [-0.15, -0.1) is 34.0 Å². The Hall–Kier alpha value is -6.39. The number of carbonyl (C=O) groups excluding carboxylic acids is 4. The predicted octanol–water partition coefficient (Wildman–Crippen LogP) is 9.33. The van der Waals surface area contributed by atoms with E-state index in [1.807, 2.05) is 99.6 Å². The van der Waals surface area contributed by atoms with Crippen LogP contribution in [0.25, 0.3) is 36.2 Å². The van der Waals surface area contributed by atoms with E-state index < -0.39 is 29.4 Å². The Kier molecular flexibility index (Phi) is 30.4. The molecule has 0 spiro atoms. The Bertz CT molecular complexity index is 2800. The Morgan fingerprint density at radius 2 is 1.00 bits per heavy atom. The fraction of sp³-hybridized carbons (Fsp3) is 0.308. The summed E-state index contributed by atoms with van der Waals surface area (Å²) in [4.78, 5) is 74.1. The number of carbonyl (C=O) groups is 5. The first-order chi connectivity index (χ1) is 34.7. The zero-order valence-electron chi connectivity index (χ0n) is 43.5. The number of para-hydroxylation sites is 1. The van der Waals surface area contributed by atoms with Crippen LogP contribution in [0.2, 0.25) is 6.82 Å². The van der Waals surface area contributed by atoms with Crippen LogP contribution in [-0.2, 0) is 46.4 Å². The average Bonchev–Trinajstić information content (AvgIpc) is 4.16. The number of hydrogen-bond acceptors (Lipinski definition) is 16. The van der Waals surface area contributed by atoms with Gasteiger partial charge in [-0.3, -0.25) is 0 Å². The number of nitrogens with zero attached hydrogens (tertiary/aromatic N) is 1. The van der Waals surface area contributed by atoms with E-state index in [2.05, 4.69) is 25.2 Å². The minimum Gasteiger partial charge on any atom is -0.870 e. The van der Waals surface area contributed by atoms with Crippen molar-refractivity contribution in [2.75, 3.05) is 19.7 Å². The SMILES string of the molecule is CC(C)(C)OC(=O)NCc1ccccc1-c1ccc(C(=O)O)s1.CCOC(=O)c1ccc(-c2ccccc2CNC(=O)OC(C)(C)C)s1.C[B]OOCB=O.[C-]#[N+]c1ccccc1-c1ccc(C(=O)OCC)s1.[Li+].[OH-]. The molecule has 23 heteroatoms. The number of ether oxygens (including phenoxy) is 4. The maximum Gasteiger partial charge on any atom is 1.00 e. The first kappa shape index (κ1) is 66.6. The van der Waals surface area contributed by atoms with Gasteiger partial charge in [0, 0.05) is 27.7 Å². The van der Waals surface area contributed by atoms with Gasteiger partial charge >= 0.3 is 91.3 Å². The molecule has 2 amide bonds. The van der Waals surface area contributed by atoms with Crippen LogP contribution >= 0.6 is 34.0 Å². The molecule has 0 fully saturated rings. The first-order valence-electron chi connectivity index (χ1n) is 22.7. The minimum atomic E-state index is -0.939. The fourth-order valence-corrected chi connectivity index (χ4v) is 8.69. The molecule has 75 heavy (non-hydrogen) atoms. The number of rotatable bonds is 16. The van der Waals surface area contributed by atoms with Crippen molar-refractivity contribution in [2.24, 2.45) is 0 Å². The van der Waals surface area contributed by atoms with Gasteiger partial charge in [-0.2, -0.15) is 0 Å². The summed E-state index contributed by atoms with van der Waals surface area (Å²) in [5, 5.41) is 14.5. The molecule has 0 aliphatic carbocycles. The van der Waals surface area contributed by atoms with Gasteiger partial charge in [0.15, 0.2) is 5.69 Å². The number of carboxylic acid groups (broad SMARTS) is 1. The third kappa shape index (κ3) is 24.2. The summed E-state index contributed by atoms with van der Waals surface area (Å²) in [6.07, 6.45) is -0.939. The van der Waals surface area contributed by atoms with Crippen LogP contribution in [0.1, 0.15) is 95.5 Å². The first-order valence-corrected chi connectivity index (χ1v) is 25.1. The molecule has 0 unspecified atom stereocenters. The molecule has 6 aromatic rings. The molecule has 3 aromatic carbocycles. The molecule has 391 valence electrons. The molecule has 0 saturated carbocycles. The zero-order valence-corrected chi connectivity index (χ0v) is 46.0. The van der Waals surface area contributed by atoms with Crippen molar-refractivity contribution >= 4 is 84.4 Å². The molecule has 0 aliphatic rings. The number of aromatic carboxylic acids is 1. The Balaban J connectivity index is 0.000000526. The standard InChI is InChI=1S/C19H23NO4S.C17H19NO4S.C14H11NO2S.C2H5B2O3.Li.H2O/c1-5-23-17(21)16-11-10-15(25-16)14-9-7-6-8-13(14)12-20-18(22)24-19(2,3)4;1-17(2,3)22-16(21)18-10-11-6-4-5-7-12(11)13-8-9-14(23-13)15(19)20;1-3-17-14(16)13-9-8-12(18-13)10-6-4-5-7-11(10)15-2;1-3-7-6-2-4-5;;/h6-11H,5,12H2,1-4H3,(H,20,22);4-9H,10H2,1-3H3,(H,18,21)(H,19,20);4-9H,3H2,1H3;2H2,1H3;;1H2/q;;;;+1;/p-1. The number of esters is 2. The third-order valence-corrected chi connectivity index (χ3v) is 12.1. The molecular formula is C52H59B2LiN3O14S3. The second-order valence-corrected chi connectivity index (χ2v) is 19.9. The number of carboxylic acids is 1. The summed E-state index contributed by atoms with van der Waals surface area (Å²) in [6.45, 7) is 24.6. The van der Waals surface area contributed by atoms with E-state index in [0.717, 1.165) is 42.4 Å². The van der Waals surface area contributed by atoms with Gasteiger partial charge in [-0.25, -0.2) is 28.8 Å². The number of thiophene rings is 3. The van der Waals surface area contributed by atoms with Gasteiger partial charge in [0.2, 0.25) is 0 Å². The molecule has 0 bridgehead atoms. The Morgan fingerprint density at radius 1 is 0.613 bits per heavy atom. The van der Waals surface area contributed by atoms with Gasteiger partial charge in [0.25, 0.3) is 0 Å². The molecule has 4 N–H and O–H groups in total. The second kappa shape index (κ2) is 34.2. The second-order valence-electron chi connectivity index (χ2n) is 16.7. The monoisotopic (exact) mass is 1070 g/mol. The van der Waals surface area contributed by atoms with E-state index in [1.54, 1.807) is 71.8 Å². The van der Waals surface area contributed by atoms with Crippen molar-refractivity contribution in [2.45, 2.75) is 86.5 Å². The van der Waals surface area contributed by atoms with Crippen molar-refractivity contribution in [1.82, 2.24) is 10.6 Å². The summed E-state index contributed by atoms with van der Waals surface area (Å²) < 4.78 is 29.9. The van der Waals surface area contributed by atoms with Crippen LogP contribution in [0.15, 0.2) is 109 Å². The smallest absolute Gasteiger partial charge is 0.870 e. The third-order valence-electron chi connectivity index (χ3n) is 8.78. The molecule has 3 aromatic heterocycles. The normalized spacial score (nSPS) is 10.1. The molecule has 1 radical (unpaired) electrons. The molecule has 17 nitrogen and oxygen atoms in total. The Morgan fingerprint density at radius 3 is 1.37 bits per heavy atom. The van der Waals surface area contributed by atoms with Gasteiger partial charge in [-0.05, 0) is 120 Å². The van der Waals surface area contributed by atoms with Gasteiger partial charge < -0.3 is 40.2 Å². The van der Waals surface area contributed by atoms with Gasteiger partial charge in [0.05, 0.1) is 19.8 Å². The summed E-state index contributed by atoms with van der Waals surface area (Å²) in [6, 6.07) is 33.3. The van der Waals surface area contributed by atoms with Gasteiger partial charge in [-0.1, -0.05) is 72.8 Å². The van der Waals surface area contributed by atoms with Crippen molar-refractivity contribution in [1.29, 1.82) is 0 Å². The van der Waals surface area contributed by atoms with Crippen LogP contribution < -0.4 is 29.5 Å². The number of nitrogens with one attached hydrogen (secondary N) is 2. The number of amides is 2. The summed E-state index contributed by atoms with van der Waals surface area (Å²) in [5.74, 6) is -1.57. The van der Waals surface area contributed by atoms with Crippen LogP contribution in [0.3, 0.4) is 0 Å². The zero-order chi connectivity index (χ0) is 54.0. The topological polar surface area (TPSA) is 236 Å². The molecule has 0 aliphatic heterocycles. The molecule has 0 atom stereocenters. The van der Waals surface area contributed by atoms with Crippen LogP contribution in [0.4, 0.5) is 15.3 Å². The van der Waals surface area contributed by atoms with Crippen LogP contribution in [-0.4, -0.2) is 86.2 Å². The molecule has 3 heterocycles. The van der Waals surface area contributed by atoms with E-state index in [1.165, 1.54) is 41.5 Å². The quantitative estimate of drug-likeness (QED) is 0.0156. The van der Waals surface area contributed by atoms with Crippen LogP contribution in [0.5, 0.6) is 0 Å². The van der Waals surface area contributed by atoms with E-state index in [0.29, 0.717) is 48.9 Å². The van der Waals surface area contributed by atoms with E-state index in [9.17, 15) is 28.7 Å². The van der Waals surface area contributed by atoms with Crippen LogP contribution in [0, 0.1) is 6.57 Å². The molecule has 0 saturated heterocycles. The minimum absolute atomic E-state index is 0. The summed E-state index contributed by atoms with van der Waals surface area (Å²) >= 11 is 3.93. The van der Waals surface area contributed by atoms with Crippen molar-refractivity contribution in [3.8, 4) is 31.3 Å². The summed E-state index contributed by atoms with van der Waals surface area (Å²) in [7, 11) is 1.97. The number of hydrogen-bond donors (Lipinski definition) is 3. The maximum atomic E-state index is 11.9. The maximum absolute atomic E-state index is 11.9. The number of benzene rings is 3. The number of alkyl carbamates (subject to hydrolysis) is 2. The van der Waals surface area contributed by atoms with Crippen molar-refractivity contribution in [3.05, 3.63) is 146 Å². The molecular weight excluding hydrogens is 1020 g/mol. The van der Waals surface area contributed by atoms with E-state index in [4.69, 9.17) is 30.6 Å². The van der Waals surface area contributed by atoms with E-state index in [-0.39, 0.29) is 47.7 Å². The molecule has 6 rings (SSSR count). The van der Waals surface area contributed by atoms with E-state index >= 15 is 0 Å². The predicted molar refractivity (Wildman–Crippen MR) is 288 cm³/mol. The van der Waals surface area contributed by atoms with Crippen molar-refractivity contribution in [3.63, 3.8) is 0 Å².